The predicted molar refractivity (Wildman–Crippen MR) is 127 cm³/mol. The monoisotopic (exact) mass is 454 g/mol. The van der Waals surface area contributed by atoms with Crippen LogP contribution in [0.1, 0.15) is 63.0 Å². The molecule has 2 aromatic rings. The van der Waals surface area contributed by atoms with E-state index in [2.05, 4.69) is 5.32 Å². The molecule has 1 saturated carbocycles. The minimum Gasteiger partial charge on any atom is -0.494 e. The van der Waals surface area contributed by atoms with Gasteiger partial charge in [0.2, 0.25) is 11.8 Å². The number of nitrogens with zero attached hydrogens (tertiary/aromatic N) is 1. The van der Waals surface area contributed by atoms with Crippen LogP contribution in [0.2, 0.25) is 0 Å². The third kappa shape index (κ3) is 7.88. The van der Waals surface area contributed by atoms with E-state index in [1.807, 2.05) is 31.2 Å². The lowest BCUT2D eigenvalue weighted by atomic mass is 9.95. The summed E-state index contributed by atoms with van der Waals surface area (Å²) in [6.45, 7) is 4.46. The number of nitrogens with one attached hydrogen (secondary N) is 1. The molecule has 0 unspecified atom stereocenters. The third-order valence-corrected chi connectivity index (χ3v) is 6.21. The molecule has 1 atom stereocenters. The van der Waals surface area contributed by atoms with Gasteiger partial charge in [0.05, 0.1) is 6.61 Å². The molecular formula is C27H35FN2O3. The van der Waals surface area contributed by atoms with Crippen LogP contribution in [0.25, 0.3) is 0 Å². The maximum absolute atomic E-state index is 13.3. The molecule has 178 valence electrons. The van der Waals surface area contributed by atoms with Crippen LogP contribution in [0, 0.1) is 12.7 Å². The summed E-state index contributed by atoms with van der Waals surface area (Å²) in [5, 5.41) is 3.12. The molecule has 2 aromatic carbocycles. The fraction of sp³-hybridized carbons (Fsp3) is 0.481. The van der Waals surface area contributed by atoms with Crippen molar-refractivity contribution in [2.24, 2.45) is 0 Å². The summed E-state index contributed by atoms with van der Waals surface area (Å²) >= 11 is 0. The highest BCUT2D eigenvalue weighted by molar-refractivity contribution is 5.87. The first-order valence-electron chi connectivity index (χ1n) is 12.0. The zero-order valence-electron chi connectivity index (χ0n) is 19.7. The number of carbonyl (C=O) groups excluding carboxylic acids is 2. The molecule has 0 aromatic heterocycles. The van der Waals surface area contributed by atoms with Crippen molar-refractivity contribution in [3.63, 3.8) is 0 Å². The molecule has 33 heavy (non-hydrogen) atoms. The maximum atomic E-state index is 13.3. The highest BCUT2D eigenvalue weighted by atomic mass is 19.1. The quantitative estimate of drug-likeness (QED) is 0.505. The first kappa shape index (κ1) is 24.7. The Bertz CT molecular complexity index is 893. The van der Waals surface area contributed by atoms with Crippen molar-refractivity contribution >= 4 is 11.8 Å². The summed E-state index contributed by atoms with van der Waals surface area (Å²) in [5.41, 5.74) is 1.95. The van der Waals surface area contributed by atoms with E-state index in [-0.39, 0.29) is 36.6 Å². The van der Waals surface area contributed by atoms with E-state index in [9.17, 15) is 14.0 Å². The van der Waals surface area contributed by atoms with Crippen LogP contribution in [0.15, 0.2) is 48.5 Å². The van der Waals surface area contributed by atoms with Gasteiger partial charge in [0.15, 0.2) is 0 Å². The van der Waals surface area contributed by atoms with E-state index in [1.54, 1.807) is 24.0 Å². The molecule has 2 amide bonds. The number of rotatable bonds is 10. The van der Waals surface area contributed by atoms with Gasteiger partial charge in [-0.3, -0.25) is 9.59 Å². The summed E-state index contributed by atoms with van der Waals surface area (Å²) in [7, 11) is 0. The SMILES string of the molecule is Cc1ccc(OCCCC(=O)N(Cc2ccc(F)cc2)[C@@H](C)C(=O)NC2CCCCC2)cc1. The minimum atomic E-state index is -0.609. The van der Waals surface area contributed by atoms with E-state index in [4.69, 9.17) is 4.74 Å². The van der Waals surface area contributed by atoms with Gasteiger partial charge in [0.25, 0.3) is 0 Å². The van der Waals surface area contributed by atoms with Gasteiger partial charge in [-0.25, -0.2) is 4.39 Å². The fourth-order valence-electron chi connectivity index (χ4n) is 4.13. The zero-order valence-corrected chi connectivity index (χ0v) is 19.7. The topological polar surface area (TPSA) is 58.6 Å². The van der Waals surface area contributed by atoms with Gasteiger partial charge in [0, 0.05) is 19.0 Å². The average Bonchev–Trinajstić information content (AvgIpc) is 2.82. The molecule has 1 aliphatic rings. The van der Waals surface area contributed by atoms with Crippen molar-refractivity contribution in [3.05, 3.63) is 65.5 Å². The second kappa shape index (κ2) is 12.4. The van der Waals surface area contributed by atoms with Gasteiger partial charge in [-0.05, 0) is 62.9 Å². The number of carbonyl (C=O) groups is 2. The van der Waals surface area contributed by atoms with E-state index in [0.29, 0.717) is 13.0 Å². The summed E-state index contributed by atoms with van der Waals surface area (Å²) in [6, 6.07) is 13.4. The summed E-state index contributed by atoms with van der Waals surface area (Å²) in [5.74, 6) is 0.204. The van der Waals surface area contributed by atoms with Crippen LogP contribution in [0.5, 0.6) is 5.75 Å². The Hall–Kier alpha value is -2.89. The summed E-state index contributed by atoms with van der Waals surface area (Å²) in [6.07, 6.45) is 6.25. The molecule has 0 saturated heterocycles. The number of amides is 2. The molecule has 0 aliphatic heterocycles. The zero-order chi connectivity index (χ0) is 23.6. The van der Waals surface area contributed by atoms with Gasteiger partial charge < -0.3 is 15.0 Å². The number of hydrogen-bond donors (Lipinski definition) is 1. The van der Waals surface area contributed by atoms with Gasteiger partial charge in [-0.2, -0.15) is 0 Å². The van der Waals surface area contributed by atoms with Crippen molar-refractivity contribution in [2.75, 3.05) is 6.61 Å². The van der Waals surface area contributed by atoms with E-state index < -0.39 is 6.04 Å². The normalized spacial score (nSPS) is 15.0. The molecule has 1 N–H and O–H groups in total. The summed E-state index contributed by atoms with van der Waals surface area (Å²) in [4.78, 5) is 27.7. The molecule has 6 heteroatoms. The standard InChI is InChI=1S/C27H35FN2O3/c1-20-10-16-25(17-11-20)33-18-6-9-26(31)30(19-22-12-14-23(28)15-13-22)21(2)27(32)29-24-7-4-3-5-8-24/h10-17,21,24H,3-9,18-19H2,1-2H3,(H,29,32)/t21-/m0/s1. The van der Waals surface area contributed by atoms with Crippen LogP contribution >= 0.6 is 0 Å². The minimum absolute atomic E-state index is 0.113. The van der Waals surface area contributed by atoms with Crippen molar-refractivity contribution in [1.82, 2.24) is 10.2 Å². The highest BCUT2D eigenvalue weighted by Crippen LogP contribution is 2.19. The Kier molecular flexibility index (Phi) is 9.28. The van der Waals surface area contributed by atoms with Crippen molar-refractivity contribution in [2.45, 2.75) is 77.4 Å². The Morgan fingerprint density at radius 3 is 2.39 bits per heavy atom. The molecular weight excluding hydrogens is 419 g/mol. The molecule has 0 spiro atoms. The Balaban J connectivity index is 1.59. The van der Waals surface area contributed by atoms with Crippen LogP contribution < -0.4 is 10.1 Å². The van der Waals surface area contributed by atoms with Gasteiger partial charge in [0.1, 0.15) is 17.6 Å². The Morgan fingerprint density at radius 1 is 1.06 bits per heavy atom. The number of halogens is 1. The average molecular weight is 455 g/mol. The van der Waals surface area contributed by atoms with Crippen molar-refractivity contribution in [1.29, 1.82) is 0 Å². The first-order chi connectivity index (χ1) is 15.9. The maximum Gasteiger partial charge on any atom is 0.242 e. The second-order valence-electron chi connectivity index (χ2n) is 8.93. The first-order valence-corrected chi connectivity index (χ1v) is 12.0. The lowest BCUT2D eigenvalue weighted by Crippen LogP contribution is -2.50. The number of benzene rings is 2. The Morgan fingerprint density at radius 2 is 1.73 bits per heavy atom. The van der Waals surface area contributed by atoms with Gasteiger partial charge in [-0.15, -0.1) is 0 Å². The fourth-order valence-corrected chi connectivity index (χ4v) is 4.13. The largest absolute Gasteiger partial charge is 0.494 e. The number of ether oxygens (including phenoxy) is 1. The van der Waals surface area contributed by atoms with Crippen molar-refractivity contribution < 1.29 is 18.7 Å². The van der Waals surface area contributed by atoms with Gasteiger partial charge in [-0.1, -0.05) is 49.1 Å². The number of hydrogen-bond acceptors (Lipinski definition) is 3. The molecule has 0 bridgehead atoms. The second-order valence-corrected chi connectivity index (χ2v) is 8.93. The van der Waals surface area contributed by atoms with Gasteiger partial charge >= 0.3 is 0 Å². The summed E-state index contributed by atoms with van der Waals surface area (Å²) < 4.78 is 19.1. The Labute approximate surface area is 196 Å². The molecule has 0 heterocycles. The molecule has 5 nitrogen and oxygen atoms in total. The third-order valence-electron chi connectivity index (χ3n) is 6.21. The van der Waals surface area contributed by atoms with E-state index in [0.717, 1.165) is 42.6 Å². The lowest BCUT2D eigenvalue weighted by molar-refractivity contribution is -0.141. The predicted octanol–water partition coefficient (Wildman–Crippen LogP) is 5.16. The van der Waals surface area contributed by atoms with Crippen LogP contribution in [0.4, 0.5) is 4.39 Å². The number of aryl methyl sites for hydroxylation is 1. The van der Waals surface area contributed by atoms with E-state index in [1.165, 1.54) is 18.6 Å². The van der Waals surface area contributed by atoms with Crippen molar-refractivity contribution in [3.8, 4) is 5.75 Å². The van der Waals surface area contributed by atoms with Crippen LogP contribution in [-0.2, 0) is 16.1 Å². The highest BCUT2D eigenvalue weighted by Gasteiger charge is 2.27. The van der Waals surface area contributed by atoms with Crippen LogP contribution in [-0.4, -0.2) is 35.4 Å². The van der Waals surface area contributed by atoms with E-state index >= 15 is 0 Å². The molecule has 3 rings (SSSR count). The molecule has 1 aliphatic carbocycles. The molecule has 1 fully saturated rings. The van der Waals surface area contributed by atoms with Crippen LogP contribution in [0.3, 0.4) is 0 Å². The smallest absolute Gasteiger partial charge is 0.242 e. The molecule has 0 radical (unpaired) electrons. The lowest BCUT2D eigenvalue weighted by Gasteiger charge is -2.31.